The highest BCUT2D eigenvalue weighted by atomic mass is 19.3. The Balaban J connectivity index is 1.33. The van der Waals surface area contributed by atoms with Gasteiger partial charge in [-0.2, -0.15) is 13.8 Å². The number of aromatic nitrogens is 2. The predicted molar refractivity (Wildman–Crippen MR) is 93.1 cm³/mol. The van der Waals surface area contributed by atoms with Crippen LogP contribution in [0.15, 0.2) is 0 Å². The molecule has 27 heavy (non-hydrogen) atoms. The van der Waals surface area contributed by atoms with Crippen molar-refractivity contribution in [2.45, 2.75) is 50.0 Å². The Bertz CT molecular complexity index is 844. The highest BCUT2D eigenvalue weighted by molar-refractivity contribution is 5.68. The van der Waals surface area contributed by atoms with E-state index >= 15 is 0 Å². The summed E-state index contributed by atoms with van der Waals surface area (Å²) in [5.74, 6) is -1.53. The molecule has 6 nitrogen and oxygen atoms in total. The summed E-state index contributed by atoms with van der Waals surface area (Å²) in [5, 5.41) is 9.01. The molecule has 0 unspecified atom stereocenters. The summed E-state index contributed by atoms with van der Waals surface area (Å²) in [5.41, 5.74) is 0.664. The second kappa shape index (κ2) is 4.89. The predicted octanol–water partition coefficient (Wildman–Crippen LogP) is 2.41. The first-order valence-electron chi connectivity index (χ1n) is 9.92. The van der Waals surface area contributed by atoms with E-state index < -0.39 is 11.9 Å². The topological polar surface area (TPSA) is 69.6 Å². The van der Waals surface area contributed by atoms with Crippen molar-refractivity contribution in [3.8, 4) is 0 Å². The number of fused-ring (bicyclic) bond motifs is 2. The standard InChI is InChI=1S/C19H22F2N4O2/c20-19(21)2-1-10-15(19)22-17(25-6-5-18(25)3-4-18)23-16(10)24-8-12-11(7-14(26)27)13(12)9-24/h11-13H,1-9H2,(H,26,27)/t11-,12-,13+. The zero-order valence-corrected chi connectivity index (χ0v) is 15.0. The molecule has 2 saturated carbocycles. The van der Waals surface area contributed by atoms with E-state index in [-0.39, 0.29) is 30.0 Å². The summed E-state index contributed by atoms with van der Waals surface area (Å²) in [7, 11) is 0. The summed E-state index contributed by atoms with van der Waals surface area (Å²) in [4.78, 5) is 24.3. The third-order valence-electron chi connectivity index (χ3n) is 7.53. The Hall–Kier alpha value is -1.99. The van der Waals surface area contributed by atoms with Gasteiger partial charge in [0.05, 0.1) is 0 Å². The zero-order valence-electron chi connectivity index (χ0n) is 15.0. The van der Waals surface area contributed by atoms with Gasteiger partial charge < -0.3 is 14.9 Å². The van der Waals surface area contributed by atoms with Crippen LogP contribution in [0.3, 0.4) is 0 Å². The van der Waals surface area contributed by atoms with Crippen molar-refractivity contribution >= 4 is 17.7 Å². The molecule has 1 aromatic rings. The molecule has 3 atom stereocenters. The van der Waals surface area contributed by atoms with Crippen LogP contribution in [0.2, 0.25) is 0 Å². The van der Waals surface area contributed by atoms with Crippen LogP contribution in [0.25, 0.3) is 0 Å². The number of carbonyl (C=O) groups is 1. The number of halogens is 2. The molecule has 0 amide bonds. The van der Waals surface area contributed by atoms with Crippen LogP contribution < -0.4 is 9.80 Å². The van der Waals surface area contributed by atoms with E-state index in [9.17, 15) is 13.6 Å². The maximum atomic E-state index is 14.5. The van der Waals surface area contributed by atoms with Crippen LogP contribution in [-0.4, -0.2) is 46.2 Å². The first kappa shape index (κ1) is 16.0. The minimum Gasteiger partial charge on any atom is -0.481 e. The lowest BCUT2D eigenvalue weighted by Gasteiger charge is -2.42. The van der Waals surface area contributed by atoms with Gasteiger partial charge in [0.2, 0.25) is 5.95 Å². The number of hydrogen-bond donors (Lipinski definition) is 1. The van der Waals surface area contributed by atoms with Crippen molar-refractivity contribution in [3.63, 3.8) is 0 Å². The summed E-state index contributed by atoms with van der Waals surface area (Å²) < 4.78 is 29.0. The van der Waals surface area contributed by atoms with Crippen molar-refractivity contribution in [3.05, 3.63) is 11.3 Å². The van der Waals surface area contributed by atoms with Gasteiger partial charge in [0, 0.05) is 43.6 Å². The van der Waals surface area contributed by atoms with Crippen molar-refractivity contribution < 1.29 is 18.7 Å². The highest BCUT2D eigenvalue weighted by Gasteiger charge is 2.58. The number of carboxylic acids is 1. The molecule has 2 saturated heterocycles. The van der Waals surface area contributed by atoms with Crippen molar-refractivity contribution in [2.75, 3.05) is 29.4 Å². The molecule has 4 fully saturated rings. The van der Waals surface area contributed by atoms with Crippen LogP contribution in [0.4, 0.5) is 20.5 Å². The normalized spacial score (nSPS) is 33.6. The van der Waals surface area contributed by atoms with Gasteiger partial charge >= 0.3 is 5.97 Å². The molecule has 3 aliphatic carbocycles. The molecule has 0 radical (unpaired) electrons. The SMILES string of the molecule is O=C(O)C[C@@H]1[C@H]2CN(c3nc(N4CCC45CC5)nc4c3CCC4(F)F)C[C@@H]12. The highest BCUT2D eigenvalue weighted by Crippen LogP contribution is 2.56. The molecule has 2 aliphatic heterocycles. The third kappa shape index (κ3) is 2.18. The van der Waals surface area contributed by atoms with Crippen LogP contribution in [0, 0.1) is 17.8 Å². The van der Waals surface area contributed by atoms with Crippen LogP contribution >= 0.6 is 0 Å². The Morgan fingerprint density at radius 1 is 1.15 bits per heavy atom. The molecule has 144 valence electrons. The van der Waals surface area contributed by atoms with E-state index in [1.807, 2.05) is 0 Å². The average molecular weight is 376 g/mol. The van der Waals surface area contributed by atoms with Gasteiger partial charge in [-0.05, 0) is 43.4 Å². The Kier molecular flexibility index (Phi) is 2.90. The van der Waals surface area contributed by atoms with Crippen LogP contribution in [-0.2, 0) is 17.1 Å². The fourth-order valence-corrected chi connectivity index (χ4v) is 5.62. The van der Waals surface area contributed by atoms with Gasteiger partial charge in [0.1, 0.15) is 11.5 Å². The average Bonchev–Trinajstić information content (AvgIpc) is 3.45. The molecule has 1 N–H and O–H groups in total. The number of nitrogens with zero attached hydrogens (tertiary/aromatic N) is 4. The lowest BCUT2D eigenvalue weighted by Crippen LogP contribution is -2.51. The van der Waals surface area contributed by atoms with E-state index in [0.717, 1.165) is 38.9 Å². The Morgan fingerprint density at radius 2 is 1.89 bits per heavy atom. The number of carboxylic acid groups (broad SMARTS) is 1. The number of hydrogen-bond acceptors (Lipinski definition) is 5. The number of alkyl halides is 2. The Labute approximate surface area is 155 Å². The number of piperidine rings is 1. The largest absolute Gasteiger partial charge is 0.481 e. The number of anilines is 2. The first-order chi connectivity index (χ1) is 12.9. The fourth-order valence-electron chi connectivity index (χ4n) is 5.62. The molecule has 0 bridgehead atoms. The van der Waals surface area contributed by atoms with Crippen molar-refractivity contribution in [1.82, 2.24) is 9.97 Å². The molecule has 8 heteroatoms. The maximum absolute atomic E-state index is 14.5. The molecule has 3 heterocycles. The Morgan fingerprint density at radius 3 is 2.48 bits per heavy atom. The number of aliphatic carboxylic acids is 1. The van der Waals surface area contributed by atoms with Gasteiger partial charge in [-0.15, -0.1) is 0 Å². The second-order valence-corrected chi connectivity index (χ2v) is 9.00. The molecule has 0 aromatic carbocycles. The summed E-state index contributed by atoms with van der Waals surface area (Å²) in [6, 6.07) is 0. The van der Waals surface area contributed by atoms with E-state index in [2.05, 4.69) is 14.8 Å². The first-order valence-corrected chi connectivity index (χ1v) is 9.92. The van der Waals surface area contributed by atoms with Gasteiger partial charge in [-0.1, -0.05) is 0 Å². The smallest absolute Gasteiger partial charge is 0.303 e. The number of rotatable bonds is 4. The molecule has 1 spiro atoms. The van der Waals surface area contributed by atoms with Crippen LogP contribution in [0.1, 0.15) is 43.4 Å². The quantitative estimate of drug-likeness (QED) is 0.870. The van der Waals surface area contributed by atoms with E-state index in [0.29, 0.717) is 35.6 Å². The van der Waals surface area contributed by atoms with Crippen LogP contribution in [0.5, 0.6) is 0 Å². The minimum absolute atomic E-state index is 0.0761. The summed E-state index contributed by atoms with van der Waals surface area (Å²) in [6.07, 6.45) is 3.64. The maximum Gasteiger partial charge on any atom is 0.303 e. The minimum atomic E-state index is -2.88. The van der Waals surface area contributed by atoms with Gasteiger partial charge in [-0.3, -0.25) is 4.79 Å². The van der Waals surface area contributed by atoms with E-state index in [4.69, 9.17) is 10.1 Å². The zero-order chi connectivity index (χ0) is 18.6. The molecule has 5 aliphatic rings. The summed E-state index contributed by atoms with van der Waals surface area (Å²) >= 11 is 0. The lowest BCUT2D eigenvalue weighted by atomic mass is 10.0. The molecular formula is C19H22F2N4O2. The molecular weight excluding hydrogens is 354 g/mol. The monoisotopic (exact) mass is 376 g/mol. The van der Waals surface area contributed by atoms with E-state index in [1.54, 1.807) is 0 Å². The molecule has 1 aromatic heterocycles. The van der Waals surface area contributed by atoms with E-state index in [1.165, 1.54) is 0 Å². The van der Waals surface area contributed by atoms with Crippen molar-refractivity contribution in [1.29, 1.82) is 0 Å². The fraction of sp³-hybridized carbons (Fsp3) is 0.737. The lowest BCUT2D eigenvalue weighted by molar-refractivity contribution is -0.137. The van der Waals surface area contributed by atoms with Gasteiger partial charge in [0.25, 0.3) is 5.92 Å². The molecule has 6 rings (SSSR count). The van der Waals surface area contributed by atoms with Gasteiger partial charge in [-0.25, -0.2) is 4.98 Å². The van der Waals surface area contributed by atoms with Crippen molar-refractivity contribution in [2.24, 2.45) is 17.8 Å². The second-order valence-electron chi connectivity index (χ2n) is 9.00. The third-order valence-corrected chi connectivity index (χ3v) is 7.53. The van der Waals surface area contributed by atoms with Gasteiger partial charge in [0.15, 0.2) is 0 Å². The summed E-state index contributed by atoms with van der Waals surface area (Å²) in [6.45, 7) is 2.29.